The van der Waals surface area contributed by atoms with Crippen molar-refractivity contribution in [3.63, 3.8) is 0 Å². The molecule has 2 aliphatic rings. The van der Waals surface area contributed by atoms with Crippen LogP contribution in [0, 0.1) is 5.41 Å². The lowest BCUT2D eigenvalue weighted by atomic mass is 9.96. The van der Waals surface area contributed by atoms with Gasteiger partial charge in [0.25, 0.3) is 0 Å². The van der Waals surface area contributed by atoms with E-state index in [1.165, 1.54) is 0 Å². The molecule has 0 radical (unpaired) electrons. The van der Waals surface area contributed by atoms with Crippen LogP contribution in [-0.2, 0) is 4.79 Å². The van der Waals surface area contributed by atoms with Crippen molar-refractivity contribution in [2.75, 3.05) is 32.9 Å². The Hall–Kier alpha value is -2.38. The fourth-order valence-electron chi connectivity index (χ4n) is 4.26. The van der Waals surface area contributed by atoms with E-state index in [0.29, 0.717) is 24.5 Å². The lowest BCUT2D eigenvalue weighted by Crippen LogP contribution is -2.26. The highest BCUT2D eigenvalue weighted by Crippen LogP contribution is 2.41. The molecular formula is C28H33BrFNO4. The SMILES string of the molecule is CC(C)(C)C(=O)Oc1ccc2c(c1)OCCC(Br)=C2c1ccc(OC2CCN(CCCF)C2)cc1. The van der Waals surface area contributed by atoms with E-state index in [1.807, 2.05) is 45.0 Å². The first-order valence-corrected chi connectivity index (χ1v) is 13.0. The van der Waals surface area contributed by atoms with E-state index in [-0.39, 0.29) is 18.7 Å². The van der Waals surface area contributed by atoms with Crippen molar-refractivity contribution in [3.05, 3.63) is 58.1 Å². The number of esters is 1. The Labute approximate surface area is 215 Å². The van der Waals surface area contributed by atoms with Crippen LogP contribution < -0.4 is 14.2 Å². The Kier molecular flexibility index (Phi) is 8.17. The topological polar surface area (TPSA) is 48.0 Å². The van der Waals surface area contributed by atoms with E-state index >= 15 is 0 Å². The highest BCUT2D eigenvalue weighted by Gasteiger charge is 2.26. The van der Waals surface area contributed by atoms with Gasteiger partial charge < -0.3 is 14.2 Å². The number of likely N-dealkylation sites (tertiary alicyclic amines) is 1. The van der Waals surface area contributed by atoms with E-state index in [2.05, 4.69) is 33.0 Å². The molecule has 0 saturated carbocycles. The number of rotatable bonds is 7. The quantitative estimate of drug-likeness (QED) is 0.298. The maximum absolute atomic E-state index is 12.4. The van der Waals surface area contributed by atoms with E-state index in [4.69, 9.17) is 14.2 Å². The van der Waals surface area contributed by atoms with Crippen molar-refractivity contribution >= 4 is 27.5 Å². The zero-order valence-corrected chi connectivity index (χ0v) is 22.2. The van der Waals surface area contributed by atoms with Gasteiger partial charge in [-0.15, -0.1) is 0 Å². The highest BCUT2D eigenvalue weighted by atomic mass is 79.9. The van der Waals surface area contributed by atoms with Gasteiger partial charge in [0.1, 0.15) is 23.4 Å². The molecule has 0 aromatic heterocycles. The summed E-state index contributed by atoms with van der Waals surface area (Å²) < 4.78 is 31.3. The molecule has 4 rings (SSSR count). The van der Waals surface area contributed by atoms with Crippen molar-refractivity contribution in [1.29, 1.82) is 0 Å². The third-order valence-electron chi connectivity index (χ3n) is 6.18. The molecule has 35 heavy (non-hydrogen) atoms. The molecule has 7 heteroatoms. The van der Waals surface area contributed by atoms with Crippen molar-refractivity contribution in [2.24, 2.45) is 5.41 Å². The first-order chi connectivity index (χ1) is 16.7. The smallest absolute Gasteiger partial charge is 0.316 e. The van der Waals surface area contributed by atoms with Crippen LogP contribution in [0.5, 0.6) is 17.2 Å². The van der Waals surface area contributed by atoms with Crippen LogP contribution in [0.4, 0.5) is 4.39 Å². The summed E-state index contributed by atoms with van der Waals surface area (Å²) in [5.74, 6) is 1.71. The maximum Gasteiger partial charge on any atom is 0.316 e. The molecule has 0 bridgehead atoms. The number of alkyl halides is 1. The minimum absolute atomic E-state index is 0.132. The predicted octanol–water partition coefficient (Wildman–Crippen LogP) is 6.39. The molecule has 1 atom stereocenters. The molecule has 5 nitrogen and oxygen atoms in total. The third kappa shape index (κ3) is 6.44. The molecule has 188 valence electrons. The van der Waals surface area contributed by atoms with Crippen LogP contribution in [0.25, 0.3) is 5.57 Å². The van der Waals surface area contributed by atoms with Gasteiger partial charge in [-0.3, -0.25) is 14.1 Å². The number of hydrogen-bond donors (Lipinski definition) is 0. The minimum atomic E-state index is -0.587. The molecule has 2 aromatic carbocycles. The van der Waals surface area contributed by atoms with Gasteiger partial charge in [0.15, 0.2) is 0 Å². The van der Waals surface area contributed by atoms with Gasteiger partial charge in [0.05, 0.1) is 18.7 Å². The second-order valence-electron chi connectivity index (χ2n) is 10.1. The molecule has 0 aliphatic carbocycles. The van der Waals surface area contributed by atoms with E-state index < -0.39 is 5.41 Å². The second-order valence-corrected chi connectivity index (χ2v) is 11.0. The van der Waals surface area contributed by atoms with Crippen molar-refractivity contribution in [1.82, 2.24) is 4.90 Å². The first kappa shape index (κ1) is 25.7. The monoisotopic (exact) mass is 545 g/mol. The third-order valence-corrected chi connectivity index (χ3v) is 6.97. The van der Waals surface area contributed by atoms with Crippen LogP contribution in [-0.4, -0.2) is 49.9 Å². The van der Waals surface area contributed by atoms with Crippen LogP contribution in [0.3, 0.4) is 0 Å². The van der Waals surface area contributed by atoms with Crippen LogP contribution >= 0.6 is 15.9 Å². The Morgan fingerprint density at radius 3 is 2.63 bits per heavy atom. The second kappa shape index (κ2) is 11.1. The number of fused-ring (bicyclic) bond motifs is 1. The number of nitrogens with zero attached hydrogens (tertiary/aromatic N) is 1. The Bertz CT molecular complexity index is 1080. The molecule has 1 unspecified atom stereocenters. The van der Waals surface area contributed by atoms with Gasteiger partial charge in [-0.25, -0.2) is 0 Å². The van der Waals surface area contributed by atoms with Crippen LogP contribution in [0.2, 0.25) is 0 Å². The fourth-order valence-corrected chi connectivity index (χ4v) is 4.86. The number of benzene rings is 2. The van der Waals surface area contributed by atoms with Crippen LogP contribution in [0.15, 0.2) is 46.9 Å². The summed E-state index contributed by atoms with van der Waals surface area (Å²) in [7, 11) is 0. The number of halogens is 2. The summed E-state index contributed by atoms with van der Waals surface area (Å²) in [6.07, 6.45) is 2.40. The molecule has 0 amide bonds. The van der Waals surface area contributed by atoms with Gasteiger partial charge in [0.2, 0.25) is 0 Å². The molecule has 0 spiro atoms. The Morgan fingerprint density at radius 2 is 1.91 bits per heavy atom. The molecule has 2 aromatic rings. The average Bonchev–Trinajstić information content (AvgIpc) is 3.19. The summed E-state index contributed by atoms with van der Waals surface area (Å²) in [5.41, 5.74) is 2.46. The summed E-state index contributed by atoms with van der Waals surface area (Å²) in [6, 6.07) is 13.7. The van der Waals surface area contributed by atoms with E-state index in [1.54, 1.807) is 6.07 Å². The predicted molar refractivity (Wildman–Crippen MR) is 139 cm³/mol. The Balaban J connectivity index is 1.50. The molecule has 2 aliphatic heterocycles. The largest absolute Gasteiger partial charge is 0.492 e. The van der Waals surface area contributed by atoms with Crippen molar-refractivity contribution in [3.8, 4) is 17.2 Å². The lowest BCUT2D eigenvalue weighted by molar-refractivity contribution is -0.143. The fraction of sp³-hybridized carbons (Fsp3) is 0.464. The molecule has 2 heterocycles. The Morgan fingerprint density at radius 1 is 1.17 bits per heavy atom. The molecule has 0 N–H and O–H groups in total. The summed E-state index contributed by atoms with van der Waals surface area (Å²) in [6.45, 7) is 8.32. The number of carbonyl (C=O) groups is 1. The van der Waals surface area contributed by atoms with E-state index in [9.17, 15) is 9.18 Å². The normalized spacial score (nSPS) is 18.6. The molecule has 1 saturated heterocycles. The maximum atomic E-state index is 12.4. The minimum Gasteiger partial charge on any atom is -0.492 e. The number of ether oxygens (including phenoxy) is 3. The van der Waals surface area contributed by atoms with Gasteiger partial charge in [0, 0.05) is 47.7 Å². The van der Waals surface area contributed by atoms with Gasteiger partial charge in [-0.1, -0.05) is 28.1 Å². The average molecular weight is 546 g/mol. The zero-order chi connectivity index (χ0) is 25.0. The number of hydrogen-bond acceptors (Lipinski definition) is 5. The standard InChI is InChI=1S/C28H33BrFNO4/c1-28(2,3)27(32)35-21-9-10-23-25(17-21)33-16-12-24(29)26(23)19-5-7-20(8-6-19)34-22-11-15-31(18-22)14-4-13-30/h5-10,17,22H,4,11-16,18H2,1-3H3. The van der Waals surface area contributed by atoms with Gasteiger partial charge >= 0.3 is 5.97 Å². The summed E-state index contributed by atoms with van der Waals surface area (Å²) in [5, 5.41) is 0. The van der Waals surface area contributed by atoms with E-state index in [0.717, 1.165) is 59.4 Å². The van der Waals surface area contributed by atoms with Crippen molar-refractivity contribution in [2.45, 2.75) is 46.1 Å². The molecule has 1 fully saturated rings. The number of carbonyl (C=O) groups excluding carboxylic acids is 1. The first-order valence-electron chi connectivity index (χ1n) is 12.2. The molecular weight excluding hydrogens is 513 g/mol. The zero-order valence-electron chi connectivity index (χ0n) is 20.6. The van der Waals surface area contributed by atoms with Gasteiger partial charge in [-0.2, -0.15) is 0 Å². The van der Waals surface area contributed by atoms with Crippen LogP contribution in [0.1, 0.15) is 51.2 Å². The summed E-state index contributed by atoms with van der Waals surface area (Å²) >= 11 is 3.76. The van der Waals surface area contributed by atoms with Gasteiger partial charge in [-0.05, 0) is 63.4 Å². The lowest BCUT2D eigenvalue weighted by Gasteiger charge is -2.18. The van der Waals surface area contributed by atoms with Crippen molar-refractivity contribution < 1.29 is 23.4 Å². The highest BCUT2D eigenvalue weighted by molar-refractivity contribution is 9.11. The summed E-state index contributed by atoms with van der Waals surface area (Å²) in [4.78, 5) is 14.6.